The van der Waals surface area contributed by atoms with E-state index in [0.717, 1.165) is 13.0 Å². The van der Waals surface area contributed by atoms with Gasteiger partial charge in [-0.3, -0.25) is 0 Å². The van der Waals surface area contributed by atoms with Gasteiger partial charge in [0.15, 0.2) is 0 Å². The van der Waals surface area contributed by atoms with Crippen LogP contribution < -0.4 is 0 Å². The van der Waals surface area contributed by atoms with Crippen LogP contribution >= 0.6 is 11.9 Å². The van der Waals surface area contributed by atoms with E-state index in [1.807, 2.05) is 6.26 Å². The normalized spacial score (nSPS) is 30.0. The fraction of sp³-hybridized carbons (Fsp3) is 1.00. The molecule has 0 radical (unpaired) electrons. The minimum atomic E-state index is -0.180. The van der Waals surface area contributed by atoms with Gasteiger partial charge >= 0.3 is 0 Å². The van der Waals surface area contributed by atoms with E-state index >= 15 is 0 Å². The lowest BCUT2D eigenvalue weighted by Gasteiger charge is -2.36. The monoisotopic (exact) mass is 135 g/mol. The predicted molar refractivity (Wildman–Crippen MR) is 34.6 cm³/mol. The molecule has 0 amide bonds. The van der Waals surface area contributed by atoms with Crippen molar-refractivity contribution in [3.05, 3.63) is 0 Å². The SMILES string of the molecule is CSN1CCC1CF. The van der Waals surface area contributed by atoms with Gasteiger partial charge in [0.1, 0.15) is 6.67 Å². The molecule has 1 fully saturated rings. The molecule has 1 saturated heterocycles. The Bertz CT molecular complexity index is 64.8. The summed E-state index contributed by atoms with van der Waals surface area (Å²) in [5, 5.41) is 0. The van der Waals surface area contributed by atoms with Gasteiger partial charge in [-0.1, -0.05) is 11.9 Å². The van der Waals surface area contributed by atoms with Gasteiger partial charge in [0.2, 0.25) is 0 Å². The molecule has 3 heteroatoms. The molecule has 0 bridgehead atoms. The Balaban J connectivity index is 2.16. The Kier molecular flexibility index (Phi) is 2.14. The highest BCUT2D eigenvalue weighted by atomic mass is 32.2. The second kappa shape index (κ2) is 2.69. The topological polar surface area (TPSA) is 3.24 Å². The van der Waals surface area contributed by atoms with Crippen LogP contribution in [0.15, 0.2) is 0 Å². The lowest BCUT2D eigenvalue weighted by atomic mass is 10.1. The Morgan fingerprint density at radius 1 is 1.88 bits per heavy atom. The quantitative estimate of drug-likeness (QED) is 0.525. The summed E-state index contributed by atoms with van der Waals surface area (Å²) in [5.74, 6) is 0. The van der Waals surface area contributed by atoms with Crippen molar-refractivity contribution in [3.63, 3.8) is 0 Å². The van der Waals surface area contributed by atoms with Crippen molar-refractivity contribution in [2.24, 2.45) is 0 Å². The molecule has 1 aliphatic heterocycles. The molecular formula is C5H10FNS. The first-order valence-corrected chi connectivity index (χ1v) is 3.93. The Hall–Kier alpha value is 0.240. The van der Waals surface area contributed by atoms with Gasteiger partial charge < -0.3 is 0 Å². The van der Waals surface area contributed by atoms with Crippen molar-refractivity contribution in [2.45, 2.75) is 12.5 Å². The summed E-state index contributed by atoms with van der Waals surface area (Å²) >= 11 is 1.64. The fourth-order valence-corrected chi connectivity index (χ4v) is 1.56. The molecule has 1 atom stereocenters. The van der Waals surface area contributed by atoms with Crippen LogP contribution in [0.3, 0.4) is 0 Å². The van der Waals surface area contributed by atoms with Crippen molar-refractivity contribution in [2.75, 3.05) is 19.5 Å². The molecule has 0 aromatic carbocycles. The maximum atomic E-state index is 11.8. The number of rotatable bonds is 2. The maximum Gasteiger partial charge on any atom is 0.106 e. The largest absolute Gasteiger partial charge is 0.249 e. The van der Waals surface area contributed by atoms with Crippen LogP contribution in [0.25, 0.3) is 0 Å². The first-order valence-electron chi connectivity index (χ1n) is 2.75. The molecule has 0 saturated carbocycles. The van der Waals surface area contributed by atoms with Gasteiger partial charge in [0, 0.05) is 12.6 Å². The van der Waals surface area contributed by atoms with Crippen molar-refractivity contribution in [1.29, 1.82) is 0 Å². The molecule has 1 nitrogen and oxygen atoms in total. The first-order chi connectivity index (χ1) is 3.88. The van der Waals surface area contributed by atoms with Gasteiger partial charge in [-0.25, -0.2) is 8.70 Å². The fourth-order valence-electron chi connectivity index (χ4n) is 0.812. The molecule has 1 unspecified atom stereocenters. The standard InChI is InChI=1S/C5H10FNS/c1-8-7-3-2-5(7)4-6/h5H,2-4H2,1H3. The smallest absolute Gasteiger partial charge is 0.106 e. The average Bonchev–Trinajstić information content (AvgIpc) is 1.66. The van der Waals surface area contributed by atoms with Crippen LogP contribution in [-0.2, 0) is 0 Å². The zero-order valence-corrected chi connectivity index (χ0v) is 5.75. The number of halogens is 1. The lowest BCUT2D eigenvalue weighted by Crippen LogP contribution is -2.43. The Morgan fingerprint density at radius 2 is 2.62 bits per heavy atom. The van der Waals surface area contributed by atoms with E-state index < -0.39 is 0 Å². The van der Waals surface area contributed by atoms with E-state index in [0.29, 0.717) is 0 Å². The van der Waals surface area contributed by atoms with E-state index in [1.54, 1.807) is 11.9 Å². The molecular weight excluding hydrogens is 125 g/mol. The summed E-state index contributed by atoms with van der Waals surface area (Å²) in [6, 6.07) is 0.227. The molecule has 8 heavy (non-hydrogen) atoms. The van der Waals surface area contributed by atoms with Crippen LogP contribution in [0.1, 0.15) is 6.42 Å². The highest BCUT2D eigenvalue weighted by molar-refractivity contribution is 7.96. The van der Waals surface area contributed by atoms with Crippen LogP contribution in [0.2, 0.25) is 0 Å². The summed E-state index contributed by atoms with van der Waals surface area (Å²) in [6.07, 6.45) is 3.03. The molecule has 0 aliphatic carbocycles. The summed E-state index contributed by atoms with van der Waals surface area (Å²) in [7, 11) is 0. The minimum absolute atomic E-state index is 0.180. The zero-order chi connectivity index (χ0) is 5.98. The summed E-state index contributed by atoms with van der Waals surface area (Å²) in [6.45, 7) is 0.886. The zero-order valence-electron chi connectivity index (χ0n) is 4.93. The number of hydrogen-bond donors (Lipinski definition) is 0. The highest BCUT2D eigenvalue weighted by Crippen LogP contribution is 2.23. The van der Waals surface area contributed by atoms with E-state index in [1.165, 1.54) is 0 Å². The van der Waals surface area contributed by atoms with Gasteiger partial charge in [0.25, 0.3) is 0 Å². The van der Waals surface area contributed by atoms with E-state index in [-0.39, 0.29) is 12.7 Å². The highest BCUT2D eigenvalue weighted by Gasteiger charge is 2.26. The minimum Gasteiger partial charge on any atom is -0.249 e. The van der Waals surface area contributed by atoms with Crippen LogP contribution in [-0.4, -0.2) is 29.8 Å². The third-order valence-corrected chi connectivity index (χ3v) is 2.45. The van der Waals surface area contributed by atoms with Crippen LogP contribution in [0.5, 0.6) is 0 Å². The van der Waals surface area contributed by atoms with Gasteiger partial charge in [-0.05, 0) is 12.7 Å². The molecule has 0 spiro atoms. The molecule has 0 aromatic rings. The van der Waals surface area contributed by atoms with Crippen LogP contribution in [0.4, 0.5) is 4.39 Å². The molecule has 0 N–H and O–H groups in total. The van der Waals surface area contributed by atoms with Crippen molar-refractivity contribution >= 4 is 11.9 Å². The molecule has 1 aliphatic rings. The van der Waals surface area contributed by atoms with E-state index in [9.17, 15) is 4.39 Å². The van der Waals surface area contributed by atoms with Gasteiger partial charge in [-0.15, -0.1) is 0 Å². The van der Waals surface area contributed by atoms with Gasteiger partial charge in [-0.2, -0.15) is 0 Å². The van der Waals surface area contributed by atoms with Crippen molar-refractivity contribution in [1.82, 2.24) is 4.31 Å². The Morgan fingerprint density at radius 3 is 2.75 bits per heavy atom. The molecule has 1 rings (SSSR count). The molecule has 0 aromatic heterocycles. The first kappa shape index (κ1) is 6.36. The molecule has 1 heterocycles. The number of nitrogens with zero attached hydrogens (tertiary/aromatic N) is 1. The number of alkyl halides is 1. The third kappa shape index (κ3) is 0.977. The van der Waals surface area contributed by atoms with E-state index in [2.05, 4.69) is 4.31 Å². The van der Waals surface area contributed by atoms with Crippen LogP contribution in [0, 0.1) is 0 Å². The lowest BCUT2D eigenvalue weighted by molar-refractivity contribution is 0.179. The molecule has 48 valence electrons. The summed E-state index contributed by atoms with van der Waals surface area (Å²) in [5.41, 5.74) is 0. The number of hydrogen-bond acceptors (Lipinski definition) is 2. The Labute approximate surface area is 53.4 Å². The second-order valence-corrected chi connectivity index (χ2v) is 2.75. The summed E-state index contributed by atoms with van der Waals surface area (Å²) < 4.78 is 13.9. The van der Waals surface area contributed by atoms with E-state index in [4.69, 9.17) is 0 Å². The second-order valence-electron chi connectivity index (χ2n) is 1.92. The predicted octanol–water partition coefficient (Wildman–Crippen LogP) is 1.31. The maximum absolute atomic E-state index is 11.8. The average molecular weight is 135 g/mol. The van der Waals surface area contributed by atoms with Gasteiger partial charge in [0.05, 0.1) is 0 Å². The summed E-state index contributed by atoms with van der Waals surface area (Å²) in [4.78, 5) is 0. The van der Waals surface area contributed by atoms with Crippen molar-refractivity contribution < 1.29 is 4.39 Å². The third-order valence-electron chi connectivity index (χ3n) is 1.50. The van der Waals surface area contributed by atoms with Crippen molar-refractivity contribution in [3.8, 4) is 0 Å².